The minimum atomic E-state index is -0.439. The van der Waals surface area contributed by atoms with E-state index in [-0.39, 0.29) is 11.6 Å². The molecule has 0 saturated carbocycles. The normalized spacial score (nSPS) is 9.94. The summed E-state index contributed by atoms with van der Waals surface area (Å²) < 4.78 is 0. The highest BCUT2D eigenvalue weighted by molar-refractivity contribution is 5.92. The van der Waals surface area contributed by atoms with Gasteiger partial charge in [-0.25, -0.2) is 0 Å². The van der Waals surface area contributed by atoms with E-state index in [1.807, 2.05) is 0 Å². The molecule has 0 fully saturated rings. The lowest BCUT2D eigenvalue weighted by Gasteiger charge is -2.10. The Balaban J connectivity index is 3.12. The summed E-state index contributed by atoms with van der Waals surface area (Å²) in [6.07, 6.45) is 0.385. The number of nitro groups is 1. The molecule has 0 heterocycles. The van der Waals surface area contributed by atoms with Gasteiger partial charge in [-0.05, 0) is 25.0 Å². The van der Waals surface area contributed by atoms with Crippen LogP contribution in [0.3, 0.4) is 0 Å². The van der Waals surface area contributed by atoms with E-state index in [9.17, 15) is 14.9 Å². The number of hydrogen-bond donors (Lipinski definition) is 1. The number of benzene rings is 1. The number of nitro benzene ring substituents is 1. The second kappa shape index (κ2) is 4.74. The third kappa shape index (κ3) is 2.56. The molecule has 0 aliphatic heterocycles. The van der Waals surface area contributed by atoms with Crippen LogP contribution in [0.15, 0.2) is 12.1 Å². The van der Waals surface area contributed by atoms with Crippen molar-refractivity contribution in [3.63, 3.8) is 0 Å². The van der Waals surface area contributed by atoms with Gasteiger partial charge in [0.2, 0.25) is 5.91 Å². The van der Waals surface area contributed by atoms with E-state index in [0.717, 1.165) is 0 Å². The predicted molar refractivity (Wildman–Crippen MR) is 61.5 cm³/mol. The van der Waals surface area contributed by atoms with Crippen LogP contribution >= 0.6 is 0 Å². The first kappa shape index (κ1) is 12.2. The van der Waals surface area contributed by atoms with E-state index in [1.165, 1.54) is 12.1 Å². The van der Waals surface area contributed by atoms with Crippen molar-refractivity contribution < 1.29 is 9.72 Å². The molecule has 0 atom stereocenters. The maximum absolute atomic E-state index is 11.3. The van der Waals surface area contributed by atoms with Crippen molar-refractivity contribution >= 4 is 17.3 Å². The first-order chi connectivity index (χ1) is 7.45. The van der Waals surface area contributed by atoms with Gasteiger partial charge in [-0.1, -0.05) is 6.92 Å². The molecule has 5 heteroatoms. The Labute approximate surface area is 93.6 Å². The molecule has 0 unspecified atom stereocenters. The quantitative estimate of drug-likeness (QED) is 0.631. The standard InChI is InChI=1S/C11H14N2O3/c1-4-10(14)12-11-7(2)5-9(13(15)16)6-8(11)3/h5-6H,4H2,1-3H3,(H,12,14). The van der Waals surface area contributed by atoms with E-state index in [0.29, 0.717) is 23.2 Å². The Kier molecular flexibility index (Phi) is 3.60. The van der Waals surface area contributed by atoms with Crippen LogP contribution in [0.25, 0.3) is 0 Å². The fraction of sp³-hybridized carbons (Fsp3) is 0.364. The summed E-state index contributed by atoms with van der Waals surface area (Å²) in [5, 5.41) is 13.3. The summed E-state index contributed by atoms with van der Waals surface area (Å²) in [7, 11) is 0. The zero-order chi connectivity index (χ0) is 12.3. The molecule has 0 spiro atoms. The molecule has 0 aliphatic rings. The van der Waals surface area contributed by atoms with Gasteiger partial charge in [-0.15, -0.1) is 0 Å². The Morgan fingerprint density at radius 3 is 2.25 bits per heavy atom. The maximum Gasteiger partial charge on any atom is 0.270 e. The zero-order valence-electron chi connectivity index (χ0n) is 9.53. The van der Waals surface area contributed by atoms with E-state index in [1.54, 1.807) is 20.8 Å². The van der Waals surface area contributed by atoms with Gasteiger partial charge in [0.05, 0.1) is 4.92 Å². The molecule has 1 aromatic carbocycles. The van der Waals surface area contributed by atoms with E-state index in [4.69, 9.17) is 0 Å². The summed E-state index contributed by atoms with van der Waals surface area (Å²) >= 11 is 0. The molecule has 1 amide bonds. The SMILES string of the molecule is CCC(=O)Nc1c(C)cc([N+](=O)[O-])cc1C. The number of aryl methyl sites for hydroxylation is 2. The molecule has 1 aromatic rings. The first-order valence-electron chi connectivity index (χ1n) is 5.01. The number of amides is 1. The van der Waals surface area contributed by atoms with Crippen LogP contribution in [0.1, 0.15) is 24.5 Å². The van der Waals surface area contributed by atoms with Gasteiger partial charge in [0.1, 0.15) is 0 Å². The fourth-order valence-electron chi connectivity index (χ4n) is 1.47. The fourth-order valence-corrected chi connectivity index (χ4v) is 1.47. The number of non-ortho nitro benzene ring substituents is 1. The van der Waals surface area contributed by atoms with Crippen LogP contribution in [0, 0.1) is 24.0 Å². The van der Waals surface area contributed by atoms with Crippen molar-refractivity contribution in [2.75, 3.05) is 5.32 Å². The van der Waals surface area contributed by atoms with Gasteiger partial charge in [-0.3, -0.25) is 14.9 Å². The number of carbonyl (C=O) groups is 1. The molecular weight excluding hydrogens is 208 g/mol. The summed E-state index contributed by atoms with van der Waals surface area (Å²) in [5.74, 6) is -0.0972. The largest absolute Gasteiger partial charge is 0.326 e. The Morgan fingerprint density at radius 2 is 1.88 bits per heavy atom. The summed E-state index contributed by atoms with van der Waals surface area (Å²) in [6, 6.07) is 2.91. The lowest BCUT2D eigenvalue weighted by atomic mass is 10.1. The smallest absolute Gasteiger partial charge is 0.270 e. The highest BCUT2D eigenvalue weighted by Gasteiger charge is 2.12. The molecule has 0 bridgehead atoms. The minimum Gasteiger partial charge on any atom is -0.326 e. The van der Waals surface area contributed by atoms with Gasteiger partial charge in [0, 0.05) is 24.2 Å². The molecule has 86 valence electrons. The van der Waals surface area contributed by atoms with E-state index in [2.05, 4.69) is 5.32 Å². The molecule has 5 nitrogen and oxygen atoms in total. The lowest BCUT2D eigenvalue weighted by Crippen LogP contribution is -2.12. The minimum absolute atomic E-state index is 0.0458. The van der Waals surface area contributed by atoms with Crippen molar-refractivity contribution in [1.82, 2.24) is 0 Å². The van der Waals surface area contributed by atoms with Crippen molar-refractivity contribution in [2.24, 2.45) is 0 Å². The summed E-state index contributed by atoms with van der Waals surface area (Å²) in [4.78, 5) is 21.4. The number of hydrogen-bond acceptors (Lipinski definition) is 3. The van der Waals surface area contributed by atoms with Gasteiger partial charge in [0.15, 0.2) is 0 Å². The van der Waals surface area contributed by atoms with E-state index < -0.39 is 4.92 Å². The monoisotopic (exact) mass is 222 g/mol. The second-order valence-corrected chi connectivity index (χ2v) is 3.61. The molecular formula is C11H14N2O3. The van der Waals surface area contributed by atoms with Crippen molar-refractivity contribution in [3.05, 3.63) is 33.4 Å². The highest BCUT2D eigenvalue weighted by atomic mass is 16.6. The third-order valence-electron chi connectivity index (χ3n) is 2.31. The van der Waals surface area contributed by atoms with Crippen LogP contribution in [-0.2, 0) is 4.79 Å². The molecule has 0 radical (unpaired) electrons. The summed E-state index contributed by atoms with van der Waals surface area (Å²) in [6.45, 7) is 5.24. The van der Waals surface area contributed by atoms with Gasteiger partial charge >= 0.3 is 0 Å². The highest BCUT2D eigenvalue weighted by Crippen LogP contribution is 2.26. The van der Waals surface area contributed by atoms with E-state index >= 15 is 0 Å². The van der Waals surface area contributed by atoms with Crippen LogP contribution in [-0.4, -0.2) is 10.8 Å². The predicted octanol–water partition coefficient (Wildman–Crippen LogP) is 2.56. The lowest BCUT2D eigenvalue weighted by molar-refractivity contribution is -0.384. The number of nitrogens with one attached hydrogen (secondary N) is 1. The van der Waals surface area contributed by atoms with Crippen molar-refractivity contribution in [3.8, 4) is 0 Å². The molecule has 1 rings (SSSR count). The average Bonchev–Trinajstić information content (AvgIpc) is 2.22. The molecule has 1 N–H and O–H groups in total. The van der Waals surface area contributed by atoms with Gasteiger partial charge in [-0.2, -0.15) is 0 Å². The molecule has 0 aromatic heterocycles. The number of anilines is 1. The van der Waals surface area contributed by atoms with Gasteiger partial charge < -0.3 is 5.32 Å². The number of rotatable bonds is 3. The summed E-state index contributed by atoms with van der Waals surface area (Å²) in [5.41, 5.74) is 2.11. The van der Waals surface area contributed by atoms with Crippen LogP contribution < -0.4 is 5.32 Å². The Hall–Kier alpha value is -1.91. The third-order valence-corrected chi connectivity index (χ3v) is 2.31. The van der Waals surface area contributed by atoms with Crippen LogP contribution in [0.4, 0.5) is 11.4 Å². The van der Waals surface area contributed by atoms with Gasteiger partial charge in [0.25, 0.3) is 5.69 Å². The topological polar surface area (TPSA) is 72.2 Å². The molecule has 0 aliphatic carbocycles. The van der Waals surface area contributed by atoms with Crippen LogP contribution in [0.2, 0.25) is 0 Å². The molecule has 16 heavy (non-hydrogen) atoms. The first-order valence-corrected chi connectivity index (χ1v) is 5.01. The Morgan fingerprint density at radius 1 is 1.38 bits per heavy atom. The second-order valence-electron chi connectivity index (χ2n) is 3.61. The zero-order valence-corrected chi connectivity index (χ0v) is 9.53. The van der Waals surface area contributed by atoms with Crippen molar-refractivity contribution in [1.29, 1.82) is 0 Å². The number of nitrogens with zero attached hydrogens (tertiary/aromatic N) is 1. The Bertz CT molecular complexity index is 418. The van der Waals surface area contributed by atoms with Crippen LogP contribution in [0.5, 0.6) is 0 Å². The average molecular weight is 222 g/mol. The molecule has 0 saturated heterocycles. The number of carbonyl (C=O) groups excluding carboxylic acids is 1. The van der Waals surface area contributed by atoms with Crippen molar-refractivity contribution in [2.45, 2.75) is 27.2 Å². The maximum atomic E-state index is 11.3.